The molecule has 6 nitrogen and oxygen atoms in total. The van der Waals surface area contributed by atoms with Gasteiger partial charge in [0.25, 0.3) is 0 Å². The van der Waals surface area contributed by atoms with E-state index in [9.17, 15) is 9.59 Å². The predicted molar refractivity (Wildman–Crippen MR) is 53.4 cm³/mol. The lowest BCUT2D eigenvalue weighted by atomic mass is 10.3. The minimum Gasteiger partial charge on any atom is -0.477 e. The molecule has 0 fully saturated rings. The molecule has 1 N–H and O–H groups in total. The Hall–Kier alpha value is -1.76. The van der Waals surface area contributed by atoms with Gasteiger partial charge in [0, 0.05) is 0 Å². The monoisotopic (exact) mass is 244 g/mol. The van der Waals surface area contributed by atoms with Gasteiger partial charge in [-0.1, -0.05) is 0 Å². The Morgan fingerprint density at radius 2 is 2.00 bits per heavy atom. The maximum Gasteiger partial charge on any atom is 0.352 e. The fraction of sp³-hybridized carbons (Fsp3) is 0.333. The second-order valence-corrected chi connectivity index (χ2v) is 3.87. The lowest BCUT2D eigenvalue weighted by Gasteiger charge is -1.99. The van der Waals surface area contributed by atoms with Gasteiger partial charge in [0.2, 0.25) is 6.79 Å². The molecule has 0 atom stereocenters. The number of fused-ring (bicyclic) bond motifs is 1. The molecule has 0 aliphatic carbocycles. The number of carbonyl (C=O) groups is 2. The molecule has 1 aliphatic rings. The Balaban J connectivity index is 2.43. The van der Waals surface area contributed by atoms with Crippen LogP contribution >= 0.6 is 11.3 Å². The standard InChI is InChI=1S/C9H8O6S/c1-2-13-9(12)7-5-4(14-3-15-5)6(16-7)8(10)11/h2-3H2,1H3,(H,10,11). The molecule has 0 saturated heterocycles. The smallest absolute Gasteiger partial charge is 0.352 e. The zero-order valence-electron chi connectivity index (χ0n) is 8.31. The van der Waals surface area contributed by atoms with Crippen molar-refractivity contribution in [1.82, 2.24) is 0 Å². The number of carboxylic acids is 1. The fourth-order valence-corrected chi connectivity index (χ4v) is 2.20. The summed E-state index contributed by atoms with van der Waals surface area (Å²) >= 11 is 0.794. The molecule has 2 rings (SSSR count). The molecular formula is C9H8O6S. The number of ether oxygens (including phenoxy) is 3. The topological polar surface area (TPSA) is 82.1 Å². The highest BCUT2D eigenvalue weighted by Crippen LogP contribution is 2.45. The zero-order chi connectivity index (χ0) is 11.7. The molecule has 2 heterocycles. The Bertz CT molecular complexity index is 449. The average Bonchev–Trinajstić information content (AvgIpc) is 2.76. The van der Waals surface area contributed by atoms with Crippen molar-refractivity contribution in [3.63, 3.8) is 0 Å². The maximum atomic E-state index is 11.5. The Labute approximate surface area is 94.3 Å². The number of thiophene rings is 1. The summed E-state index contributed by atoms with van der Waals surface area (Å²) in [5.74, 6) is -1.47. The molecular weight excluding hydrogens is 236 g/mol. The van der Waals surface area contributed by atoms with Crippen LogP contribution in [0.15, 0.2) is 0 Å². The van der Waals surface area contributed by atoms with Gasteiger partial charge in [-0.25, -0.2) is 9.59 Å². The summed E-state index contributed by atoms with van der Waals surface area (Å²) in [5.41, 5.74) is 0. The molecule has 7 heteroatoms. The average molecular weight is 244 g/mol. The SMILES string of the molecule is CCOC(=O)c1sc(C(=O)O)c2c1OCO2. The third kappa shape index (κ3) is 1.58. The van der Waals surface area contributed by atoms with Crippen molar-refractivity contribution in [2.24, 2.45) is 0 Å². The number of carbonyl (C=O) groups excluding carboxylic acids is 1. The second-order valence-electron chi connectivity index (χ2n) is 2.85. The Morgan fingerprint density at radius 3 is 2.56 bits per heavy atom. The van der Waals surface area contributed by atoms with E-state index < -0.39 is 11.9 Å². The highest BCUT2D eigenvalue weighted by Gasteiger charge is 2.33. The first-order chi connectivity index (χ1) is 7.65. The first-order valence-electron chi connectivity index (χ1n) is 4.48. The number of esters is 1. The van der Waals surface area contributed by atoms with Gasteiger partial charge in [0.15, 0.2) is 21.3 Å². The van der Waals surface area contributed by atoms with E-state index in [0.29, 0.717) is 0 Å². The number of carboxylic acid groups (broad SMARTS) is 1. The minimum absolute atomic E-state index is 0.0458. The van der Waals surface area contributed by atoms with Gasteiger partial charge in [-0.2, -0.15) is 0 Å². The summed E-state index contributed by atoms with van der Waals surface area (Å²) in [5, 5.41) is 8.90. The molecule has 0 amide bonds. The summed E-state index contributed by atoms with van der Waals surface area (Å²) in [6, 6.07) is 0. The molecule has 0 bridgehead atoms. The summed E-state index contributed by atoms with van der Waals surface area (Å²) in [7, 11) is 0. The number of rotatable bonds is 3. The van der Waals surface area contributed by atoms with Crippen LogP contribution in [0.25, 0.3) is 0 Å². The van der Waals surface area contributed by atoms with Crippen molar-refractivity contribution < 1.29 is 28.9 Å². The third-order valence-corrected chi connectivity index (χ3v) is 3.00. The van der Waals surface area contributed by atoms with E-state index >= 15 is 0 Å². The van der Waals surface area contributed by atoms with Gasteiger partial charge in [0.05, 0.1) is 6.61 Å². The minimum atomic E-state index is -1.15. The van der Waals surface area contributed by atoms with Crippen LogP contribution in [0.2, 0.25) is 0 Å². The Kier molecular flexibility index (Phi) is 2.69. The maximum absolute atomic E-state index is 11.5. The summed E-state index contributed by atoms with van der Waals surface area (Å²) in [6.45, 7) is 1.81. The van der Waals surface area contributed by atoms with Crippen LogP contribution in [0, 0.1) is 0 Å². The van der Waals surface area contributed by atoms with Gasteiger partial charge in [0.1, 0.15) is 0 Å². The van der Waals surface area contributed by atoms with Gasteiger partial charge < -0.3 is 19.3 Å². The van der Waals surface area contributed by atoms with Crippen molar-refractivity contribution in [2.75, 3.05) is 13.4 Å². The van der Waals surface area contributed by atoms with Crippen LogP contribution < -0.4 is 9.47 Å². The molecule has 0 radical (unpaired) electrons. The summed E-state index contributed by atoms with van der Waals surface area (Å²) < 4.78 is 14.8. The van der Waals surface area contributed by atoms with Crippen molar-refractivity contribution in [3.05, 3.63) is 9.75 Å². The van der Waals surface area contributed by atoms with Crippen LogP contribution in [0.4, 0.5) is 0 Å². The van der Waals surface area contributed by atoms with Crippen LogP contribution in [0.3, 0.4) is 0 Å². The quantitative estimate of drug-likeness (QED) is 0.808. The van der Waals surface area contributed by atoms with Gasteiger partial charge >= 0.3 is 11.9 Å². The highest BCUT2D eigenvalue weighted by molar-refractivity contribution is 7.16. The van der Waals surface area contributed by atoms with E-state index in [1.165, 1.54) is 0 Å². The normalized spacial score (nSPS) is 12.6. The van der Waals surface area contributed by atoms with Crippen molar-refractivity contribution in [2.45, 2.75) is 6.92 Å². The van der Waals surface area contributed by atoms with Crippen molar-refractivity contribution in [3.8, 4) is 11.5 Å². The van der Waals surface area contributed by atoms with Gasteiger partial charge in [-0.3, -0.25) is 0 Å². The van der Waals surface area contributed by atoms with E-state index in [-0.39, 0.29) is 34.7 Å². The molecule has 0 spiro atoms. The van der Waals surface area contributed by atoms with Crippen LogP contribution in [-0.4, -0.2) is 30.4 Å². The number of aromatic carboxylic acids is 1. The van der Waals surface area contributed by atoms with E-state index in [0.717, 1.165) is 11.3 Å². The highest BCUT2D eigenvalue weighted by atomic mass is 32.1. The lowest BCUT2D eigenvalue weighted by Crippen LogP contribution is -2.04. The fourth-order valence-electron chi connectivity index (χ4n) is 1.28. The van der Waals surface area contributed by atoms with Crippen LogP contribution in [0.1, 0.15) is 26.3 Å². The summed E-state index contributed by atoms with van der Waals surface area (Å²) in [6.07, 6.45) is 0. The molecule has 1 aromatic rings. The molecule has 1 aliphatic heterocycles. The molecule has 1 aromatic heterocycles. The van der Waals surface area contributed by atoms with Gasteiger partial charge in [-0.05, 0) is 6.92 Å². The van der Waals surface area contributed by atoms with E-state index in [4.69, 9.17) is 19.3 Å². The van der Waals surface area contributed by atoms with Gasteiger partial charge in [-0.15, -0.1) is 11.3 Å². The van der Waals surface area contributed by atoms with Crippen molar-refractivity contribution >= 4 is 23.3 Å². The van der Waals surface area contributed by atoms with E-state index in [1.54, 1.807) is 6.92 Å². The van der Waals surface area contributed by atoms with Crippen LogP contribution in [-0.2, 0) is 4.74 Å². The molecule has 0 saturated carbocycles. The first kappa shape index (κ1) is 10.7. The van der Waals surface area contributed by atoms with E-state index in [2.05, 4.69) is 0 Å². The largest absolute Gasteiger partial charge is 0.477 e. The molecule has 0 aromatic carbocycles. The van der Waals surface area contributed by atoms with Crippen LogP contribution in [0.5, 0.6) is 11.5 Å². The van der Waals surface area contributed by atoms with E-state index in [1.807, 2.05) is 0 Å². The number of hydrogen-bond acceptors (Lipinski definition) is 6. The van der Waals surface area contributed by atoms with Crippen molar-refractivity contribution in [1.29, 1.82) is 0 Å². The third-order valence-electron chi connectivity index (χ3n) is 1.88. The number of hydrogen-bond donors (Lipinski definition) is 1. The molecule has 0 unspecified atom stereocenters. The molecule has 16 heavy (non-hydrogen) atoms. The Morgan fingerprint density at radius 1 is 1.38 bits per heavy atom. The first-order valence-corrected chi connectivity index (χ1v) is 5.29. The zero-order valence-corrected chi connectivity index (χ0v) is 9.13. The molecule has 86 valence electrons. The second kappa shape index (κ2) is 4.01. The lowest BCUT2D eigenvalue weighted by molar-refractivity contribution is 0.0527. The summed E-state index contributed by atoms with van der Waals surface area (Å²) in [4.78, 5) is 22.5. The predicted octanol–water partition coefficient (Wildman–Crippen LogP) is 1.35.